The van der Waals surface area contributed by atoms with Gasteiger partial charge < -0.3 is 10.4 Å². The summed E-state index contributed by atoms with van der Waals surface area (Å²) >= 11 is 7.44. The zero-order valence-corrected chi connectivity index (χ0v) is 13.1. The monoisotopic (exact) mass is 332 g/mol. The normalized spacial score (nSPS) is 12.3. The fourth-order valence-electron chi connectivity index (χ4n) is 2.11. The van der Waals surface area contributed by atoms with Gasteiger partial charge in [-0.1, -0.05) is 29.8 Å². The lowest BCUT2D eigenvalue weighted by atomic mass is 10.2. The molecule has 0 aliphatic rings. The van der Waals surface area contributed by atoms with Crippen molar-refractivity contribution in [3.05, 3.63) is 64.3 Å². The van der Waals surface area contributed by atoms with Crippen molar-refractivity contribution in [2.75, 3.05) is 6.54 Å². The Morgan fingerprint density at radius 3 is 2.95 bits per heavy atom. The molecular weight excluding hydrogens is 320 g/mol. The molecule has 1 unspecified atom stereocenters. The second kappa shape index (κ2) is 6.44. The van der Waals surface area contributed by atoms with E-state index in [2.05, 4.69) is 10.3 Å². The van der Waals surface area contributed by atoms with E-state index in [0.29, 0.717) is 5.56 Å². The summed E-state index contributed by atoms with van der Waals surface area (Å²) in [5.74, 6) is -0.326. The Bertz CT molecular complexity index is 786. The van der Waals surface area contributed by atoms with E-state index in [1.807, 2.05) is 30.3 Å². The number of thiophene rings is 1. The summed E-state index contributed by atoms with van der Waals surface area (Å²) in [4.78, 5) is 16.7. The van der Waals surface area contributed by atoms with Crippen LogP contribution in [0.1, 0.15) is 21.3 Å². The Morgan fingerprint density at radius 2 is 2.18 bits per heavy atom. The molecule has 3 rings (SSSR count). The quantitative estimate of drug-likeness (QED) is 0.769. The number of aliphatic hydroxyl groups is 1. The van der Waals surface area contributed by atoms with Crippen molar-refractivity contribution in [2.45, 2.75) is 6.10 Å². The lowest BCUT2D eigenvalue weighted by molar-refractivity contribution is 0.0918. The largest absolute Gasteiger partial charge is 0.386 e. The van der Waals surface area contributed by atoms with Crippen LogP contribution < -0.4 is 5.32 Å². The van der Waals surface area contributed by atoms with E-state index in [9.17, 15) is 9.90 Å². The third-order valence-corrected chi connectivity index (χ3v) is 4.76. The third kappa shape index (κ3) is 3.11. The Hall–Kier alpha value is -1.95. The maximum Gasteiger partial charge on any atom is 0.253 e. The molecule has 1 atom stereocenters. The number of fused-ring (bicyclic) bond motifs is 1. The van der Waals surface area contributed by atoms with E-state index in [0.717, 1.165) is 15.0 Å². The molecule has 0 fully saturated rings. The predicted molar refractivity (Wildman–Crippen MR) is 88.4 cm³/mol. The minimum atomic E-state index is -0.748. The van der Waals surface area contributed by atoms with Gasteiger partial charge >= 0.3 is 0 Å². The molecule has 2 aromatic heterocycles. The summed E-state index contributed by atoms with van der Waals surface area (Å²) in [6.07, 6.45) is 2.17. The molecule has 2 N–H and O–H groups in total. The topological polar surface area (TPSA) is 62.2 Å². The highest BCUT2D eigenvalue weighted by Gasteiger charge is 2.15. The maximum absolute atomic E-state index is 12.0. The average Bonchev–Trinajstić information content (AvgIpc) is 2.97. The average molecular weight is 333 g/mol. The fourth-order valence-corrected chi connectivity index (χ4v) is 3.37. The number of aromatic nitrogens is 1. The molecule has 1 aromatic carbocycles. The van der Waals surface area contributed by atoms with E-state index >= 15 is 0 Å². The Morgan fingerprint density at radius 1 is 1.36 bits per heavy atom. The number of pyridine rings is 1. The number of amides is 1. The number of rotatable bonds is 4. The molecule has 2 heterocycles. The first-order chi connectivity index (χ1) is 10.6. The Balaban J connectivity index is 1.68. The van der Waals surface area contributed by atoms with Crippen molar-refractivity contribution in [2.24, 2.45) is 0 Å². The second-order valence-electron chi connectivity index (χ2n) is 4.77. The van der Waals surface area contributed by atoms with Crippen LogP contribution in [-0.4, -0.2) is 22.5 Å². The summed E-state index contributed by atoms with van der Waals surface area (Å²) in [6.45, 7) is 0.129. The molecule has 0 aliphatic heterocycles. The number of hydrogen-bond acceptors (Lipinski definition) is 4. The van der Waals surface area contributed by atoms with Crippen molar-refractivity contribution in [1.82, 2.24) is 10.3 Å². The van der Waals surface area contributed by atoms with Crippen LogP contribution in [0.4, 0.5) is 0 Å². The zero-order valence-electron chi connectivity index (χ0n) is 11.5. The van der Waals surface area contributed by atoms with Crippen LogP contribution in [0.2, 0.25) is 5.02 Å². The van der Waals surface area contributed by atoms with Gasteiger partial charge in [0.05, 0.1) is 10.6 Å². The van der Waals surface area contributed by atoms with Crippen LogP contribution in [0.25, 0.3) is 10.1 Å². The number of nitrogens with one attached hydrogen (secondary N) is 1. The minimum absolute atomic E-state index is 0.129. The highest BCUT2D eigenvalue weighted by molar-refractivity contribution is 7.19. The number of carbonyl (C=O) groups is 1. The minimum Gasteiger partial charge on any atom is -0.386 e. The summed E-state index contributed by atoms with van der Waals surface area (Å²) in [5, 5.41) is 14.3. The van der Waals surface area contributed by atoms with Gasteiger partial charge in [0.25, 0.3) is 5.91 Å². The molecule has 1 amide bonds. The summed E-state index contributed by atoms with van der Waals surface area (Å²) < 4.78 is 1.11. The number of hydrogen-bond donors (Lipinski definition) is 2. The van der Waals surface area contributed by atoms with Gasteiger partial charge in [-0.25, -0.2) is 0 Å². The van der Waals surface area contributed by atoms with Gasteiger partial charge in [-0.2, -0.15) is 0 Å². The van der Waals surface area contributed by atoms with Gasteiger partial charge in [-0.15, -0.1) is 11.3 Å². The molecule has 6 heteroatoms. The smallest absolute Gasteiger partial charge is 0.253 e. The van der Waals surface area contributed by atoms with Crippen LogP contribution in [0.3, 0.4) is 0 Å². The highest BCUT2D eigenvalue weighted by Crippen LogP contribution is 2.29. The number of nitrogens with zero attached hydrogens (tertiary/aromatic N) is 1. The van der Waals surface area contributed by atoms with Crippen LogP contribution in [0.15, 0.2) is 48.8 Å². The van der Waals surface area contributed by atoms with Crippen molar-refractivity contribution in [3.63, 3.8) is 0 Å². The van der Waals surface area contributed by atoms with Crippen molar-refractivity contribution < 1.29 is 9.90 Å². The lowest BCUT2D eigenvalue weighted by Crippen LogP contribution is -2.28. The Kier molecular flexibility index (Phi) is 4.38. The van der Waals surface area contributed by atoms with E-state index in [4.69, 9.17) is 11.6 Å². The predicted octanol–water partition coefficient (Wildman–Crippen LogP) is 3.41. The Labute approximate surface area is 136 Å². The molecule has 112 valence electrons. The molecule has 3 aromatic rings. The molecule has 0 bridgehead atoms. The molecule has 0 saturated heterocycles. The van der Waals surface area contributed by atoms with Gasteiger partial charge in [0, 0.05) is 28.5 Å². The van der Waals surface area contributed by atoms with E-state index in [1.54, 1.807) is 6.07 Å². The second-order valence-corrected chi connectivity index (χ2v) is 6.29. The number of carbonyl (C=O) groups excluding carboxylic acids is 1. The SMILES string of the molecule is O=C(NCC(O)c1cc2ccccc2s1)c1ccncc1Cl. The molecule has 22 heavy (non-hydrogen) atoms. The maximum atomic E-state index is 12.0. The van der Waals surface area contributed by atoms with E-state index in [1.165, 1.54) is 23.7 Å². The van der Waals surface area contributed by atoms with Gasteiger partial charge in [0.1, 0.15) is 6.10 Å². The first-order valence-corrected chi connectivity index (χ1v) is 7.89. The summed E-state index contributed by atoms with van der Waals surface area (Å²) in [5.41, 5.74) is 0.347. The van der Waals surface area contributed by atoms with Crippen molar-refractivity contribution in [3.8, 4) is 0 Å². The van der Waals surface area contributed by atoms with Gasteiger partial charge in [-0.3, -0.25) is 9.78 Å². The highest BCUT2D eigenvalue weighted by atomic mass is 35.5. The van der Waals surface area contributed by atoms with E-state index in [-0.39, 0.29) is 17.5 Å². The molecule has 4 nitrogen and oxygen atoms in total. The van der Waals surface area contributed by atoms with Crippen LogP contribution in [0.5, 0.6) is 0 Å². The molecule has 0 radical (unpaired) electrons. The molecular formula is C16H13ClN2O2S. The number of aliphatic hydroxyl groups excluding tert-OH is 1. The van der Waals surface area contributed by atoms with Gasteiger partial charge in [0.2, 0.25) is 0 Å². The van der Waals surface area contributed by atoms with Crippen LogP contribution >= 0.6 is 22.9 Å². The van der Waals surface area contributed by atoms with Crippen molar-refractivity contribution in [1.29, 1.82) is 0 Å². The first kappa shape index (κ1) is 15.0. The molecule has 0 aliphatic carbocycles. The number of benzene rings is 1. The first-order valence-electron chi connectivity index (χ1n) is 6.69. The lowest BCUT2D eigenvalue weighted by Gasteiger charge is -2.10. The fraction of sp³-hybridized carbons (Fsp3) is 0.125. The molecule has 0 saturated carbocycles. The molecule has 0 spiro atoms. The van der Waals surface area contributed by atoms with Crippen LogP contribution in [0, 0.1) is 0 Å². The number of halogens is 1. The third-order valence-electron chi connectivity index (χ3n) is 3.25. The van der Waals surface area contributed by atoms with Gasteiger partial charge in [-0.05, 0) is 23.6 Å². The summed E-state index contributed by atoms with van der Waals surface area (Å²) in [7, 11) is 0. The van der Waals surface area contributed by atoms with Gasteiger partial charge in [0.15, 0.2) is 0 Å². The standard InChI is InChI=1S/C16H13ClN2O2S/c17-12-8-18-6-5-11(12)16(21)19-9-13(20)15-7-10-3-1-2-4-14(10)22-15/h1-8,13,20H,9H2,(H,19,21). The van der Waals surface area contributed by atoms with Crippen molar-refractivity contribution >= 4 is 38.9 Å². The van der Waals surface area contributed by atoms with Crippen LogP contribution in [-0.2, 0) is 0 Å². The van der Waals surface area contributed by atoms with E-state index < -0.39 is 6.10 Å². The zero-order chi connectivity index (χ0) is 15.5. The summed E-state index contributed by atoms with van der Waals surface area (Å²) in [6, 6.07) is 11.4.